The summed E-state index contributed by atoms with van der Waals surface area (Å²) in [6.45, 7) is 3.17. The number of esters is 1. The van der Waals surface area contributed by atoms with Crippen molar-refractivity contribution in [2.24, 2.45) is 0 Å². The van der Waals surface area contributed by atoms with Gasteiger partial charge in [-0.1, -0.05) is 48.0 Å². The number of rotatable bonds is 9. The van der Waals surface area contributed by atoms with Crippen LogP contribution in [0, 0.1) is 0 Å². The molecule has 2 aromatic carbocycles. The Morgan fingerprint density at radius 2 is 1.79 bits per heavy atom. The van der Waals surface area contributed by atoms with Crippen molar-refractivity contribution in [1.82, 2.24) is 10.3 Å². The molecule has 0 unspecified atom stereocenters. The van der Waals surface area contributed by atoms with Crippen LogP contribution in [0.4, 0.5) is 0 Å². The summed E-state index contributed by atoms with van der Waals surface area (Å²) in [6, 6.07) is 16.6. The van der Waals surface area contributed by atoms with E-state index in [0.717, 1.165) is 5.56 Å². The van der Waals surface area contributed by atoms with E-state index in [9.17, 15) is 14.7 Å². The molecule has 1 aromatic heterocycles. The van der Waals surface area contributed by atoms with Gasteiger partial charge in [0.2, 0.25) is 0 Å². The van der Waals surface area contributed by atoms with Gasteiger partial charge < -0.3 is 24.6 Å². The molecule has 178 valence electrons. The van der Waals surface area contributed by atoms with Crippen molar-refractivity contribution in [2.45, 2.75) is 32.1 Å². The molecule has 0 radical (unpaired) electrons. The molecule has 3 atom stereocenters. The topological polar surface area (TPSA) is 107 Å². The fourth-order valence-electron chi connectivity index (χ4n) is 3.20. The predicted octanol–water partition coefficient (Wildman–Crippen LogP) is 4.32. The standard InChI is InChI=1S/C25H25ClN2O6/c1-15(28-24(30)21-22(29)20(32-3)12-13-27-21)25(31)33-16(2)23(17-8-5-4-6-9-17)34-19-11-7-10-18(26)14-19/h4-16,23,29H,1-3H3,(H,28,30)/t15-,16-,23-/m0/s1. The van der Waals surface area contributed by atoms with Crippen LogP contribution in [0.3, 0.4) is 0 Å². The molecule has 1 heterocycles. The highest BCUT2D eigenvalue weighted by Crippen LogP contribution is 2.29. The second-order valence-corrected chi connectivity index (χ2v) is 7.89. The molecule has 0 bridgehead atoms. The number of ether oxygens (including phenoxy) is 3. The number of hydrogen-bond acceptors (Lipinski definition) is 7. The Kier molecular flexibility index (Phi) is 8.32. The van der Waals surface area contributed by atoms with Crippen LogP contribution in [-0.2, 0) is 9.53 Å². The van der Waals surface area contributed by atoms with Gasteiger partial charge in [0.15, 0.2) is 23.3 Å². The molecule has 9 heteroatoms. The third kappa shape index (κ3) is 6.17. The van der Waals surface area contributed by atoms with Crippen molar-refractivity contribution in [3.05, 3.63) is 83.1 Å². The normalized spacial score (nSPS) is 13.3. The fourth-order valence-corrected chi connectivity index (χ4v) is 3.38. The van der Waals surface area contributed by atoms with Crippen LogP contribution < -0.4 is 14.8 Å². The zero-order valence-corrected chi connectivity index (χ0v) is 19.7. The fraction of sp³-hybridized carbons (Fsp3) is 0.240. The SMILES string of the molecule is COc1ccnc(C(=O)N[C@@H](C)C(=O)O[C@@H](C)[C@H](Oc2cccc(Cl)c2)c2ccccc2)c1O. The Bertz CT molecular complexity index is 1140. The maximum Gasteiger partial charge on any atom is 0.328 e. The number of nitrogens with zero attached hydrogens (tertiary/aromatic N) is 1. The number of halogens is 1. The maximum absolute atomic E-state index is 12.7. The van der Waals surface area contributed by atoms with E-state index < -0.39 is 35.9 Å². The summed E-state index contributed by atoms with van der Waals surface area (Å²) >= 11 is 6.07. The van der Waals surface area contributed by atoms with Crippen molar-refractivity contribution < 1.29 is 28.9 Å². The molecule has 0 saturated heterocycles. The van der Waals surface area contributed by atoms with Gasteiger partial charge >= 0.3 is 5.97 Å². The van der Waals surface area contributed by atoms with Crippen LogP contribution >= 0.6 is 11.6 Å². The minimum atomic E-state index is -1.02. The third-order valence-electron chi connectivity index (χ3n) is 4.94. The Balaban J connectivity index is 1.71. The number of carbonyl (C=O) groups is 2. The highest BCUT2D eigenvalue weighted by molar-refractivity contribution is 6.30. The number of pyridine rings is 1. The van der Waals surface area contributed by atoms with E-state index in [1.807, 2.05) is 30.3 Å². The first-order chi connectivity index (χ1) is 16.3. The zero-order chi connectivity index (χ0) is 24.7. The van der Waals surface area contributed by atoms with Gasteiger partial charge in [0.05, 0.1) is 7.11 Å². The highest BCUT2D eigenvalue weighted by atomic mass is 35.5. The summed E-state index contributed by atoms with van der Waals surface area (Å²) in [6.07, 6.45) is -0.0249. The Labute approximate surface area is 202 Å². The van der Waals surface area contributed by atoms with Crippen LogP contribution in [0.2, 0.25) is 5.02 Å². The summed E-state index contributed by atoms with van der Waals surface area (Å²) in [5.41, 5.74) is 0.531. The van der Waals surface area contributed by atoms with E-state index in [1.165, 1.54) is 26.3 Å². The molecular weight excluding hydrogens is 460 g/mol. The first kappa shape index (κ1) is 24.9. The van der Waals surface area contributed by atoms with Crippen molar-refractivity contribution in [3.63, 3.8) is 0 Å². The van der Waals surface area contributed by atoms with Gasteiger partial charge in [-0.25, -0.2) is 9.78 Å². The summed E-state index contributed by atoms with van der Waals surface area (Å²) in [5.74, 6) is -1.24. The van der Waals surface area contributed by atoms with Crippen LogP contribution in [0.25, 0.3) is 0 Å². The van der Waals surface area contributed by atoms with Crippen LogP contribution in [-0.4, -0.2) is 41.2 Å². The minimum Gasteiger partial charge on any atom is -0.503 e. The Morgan fingerprint density at radius 1 is 1.06 bits per heavy atom. The summed E-state index contributed by atoms with van der Waals surface area (Å²) < 4.78 is 16.7. The number of aromatic nitrogens is 1. The van der Waals surface area contributed by atoms with Crippen molar-refractivity contribution in [1.29, 1.82) is 0 Å². The lowest BCUT2D eigenvalue weighted by atomic mass is 10.0. The van der Waals surface area contributed by atoms with Gasteiger partial charge in [0.1, 0.15) is 17.9 Å². The quantitative estimate of drug-likeness (QED) is 0.435. The molecule has 3 rings (SSSR count). The van der Waals surface area contributed by atoms with Crippen LogP contribution in [0.1, 0.15) is 36.0 Å². The summed E-state index contributed by atoms with van der Waals surface area (Å²) in [4.78, 5) is 29.1. The van der Waals surface area contributed by atoms with Crippen molar-refractivity contribution in [2.75, 3.05) is 7.11 Å². The average Bonchev–Trinajstić information content (AvgIpc) is 2.83. The average molecular weight is 485 g/mol. The summed E-state index contributed by atoms with van der Waals surface area (Å²) in [7, 11) is 1.35. The van der Waals surface area contributed by atoms with Gasteiger partial charge in [-0.3, -0.25) is 4.79 Å². The van der Waals surface area contributed by atoms with Crippen LogP contribution in [0.5, 0.6) is 17.2 Å². The van der Waals surface area contributed by atoms with E-state index >= 15 is 0 Å². The van der Waals surface area contributed by atoms with Crippen molar-refractivity contribution >= 4 is 23.5 Å². The van der Waals surface area contributed by atoms with Gasteiger partial charge in [0, 0.05) is 17.3 Å². The number of benzene rings is 2. The Morgan fingerprint density at radius 3 is 2.47 bits per heavy atom. The second kappa shape index (κ2) is 11.4. The molecule has 3 aromatic rings. The molecule has 1 amide bonds. The van der Waals surface area contributed by atoms with Gasteiger partial charge in [-0.15, -0.1) is 0 Å². The van der Waals surface area contributed by atoms with Gasteiger partial charge in [-0.2, -0.15) is 0 Å². The number of nitrogens with one attached hydrogen (secondary N) is 1. The molecule has 0 aliphatic carbocycles. The lowest BCUT2D eigenvalue weighted by Gasteiger charge is -2.27. The zero-order valence-electron chi connectivity index (χ0n) is 18.9. The number of methoxy groups -OCH3 is 1. The second-order valence-electron chi connectivity index (χ2n) is 7.45. The van der Waals surface area contributed by atoms with Crippen LogP contribution in [0.15, 0.2) is 66.9 Å². The van der Waals surface area contributed by atoms with Gasteiger partial charge in [0.25, 0.3) is 5.91 Å². The minimum absolute atomic E-state index is 0.0906. The molecule has 2 N–H and O–H groups in total. The van der Waals surface area contributed by atoms with E-state index in [1.54, 1.807) is 31.2 Å². The van der Waals surface area contributed by atoms with Crippen molar-refractivity contribution in [3.8, 4) is 17.2 Å². The first-order valence-corrected chi connectivity index (χ1v) is 10.9. The summed E-state index contributed by atoms with van der Waals surface area (Å²) in [5, 5.41) is 13.1. The molecule has 0 aliphatic heterocycles. The highest BCUT2D eigenvalue weighted by Gasteiger charge is 2.28. The number of aromatic hydroxyl groups is 1. The third-order valence-corrected chi connectivity index (χ3v) is 5.17. The Hall–Kier alpha value is -3.78. The van der Waals surface area contributed by atoms with E-state index in [2.05, 4.69) is 10.3 Å². The molecule has 0 fully saturated rings. The monoisotopic (exact) mass is 484 g/mol. The molecule has 0 saturated carbocycles. The number of amides is 1. The molecule has 0 aliphatic rings. The molecule has 8 nitrogen and oxygen atoms in total. The molecule has 0 spiro atoms. The lowest BCUT2D eigenvalue weighted by molar-refractivity contribution is -0.154. The number of hydrogen-bond donors (Lipinski definition) is 2. The molecule has 34 heavy (non-hydrogen) atoms. The smallest absolute Gasteiger partial charge is 0.328 e. The van der Waals surface area contributed by atoms with E-state index in [0.29, 0.717) is 10.8 Å². The predicted molar refractivity (Wildman–Crippen MR) is 126 cm³/mol. The van der Waals surface area contributed by atoms with E-state index in [4.69, 9.17) is 25.8 Å². The van der Waals surface area contributed by atoms with Gasteiger partial charge in [-0.05, 0) is 37.6 Å². The number of carbonyl (C=O) groups excluding carboxylic acids is 2. The first-order valence-electron chi connectivity index (χ1n) is 10.5. The van der Waals surface area contributed by atoms with E-state index in [-0.39, 0.29) is 11.4 Å². The lowest BCUT2D eigenvalue weighted by Crippen LogP contribution is -2.42. The maximum atomic E-state index is 12.7. The largest absolute Gasteiger partial charge is 0.503 e. The molecular formula is C25H25ClN2O6.